The number of benzene rings is 1. The smallest absolute Gasteiger partial charge is 0.312 e. The van der Waals surface area contributed by atoms with E-state index < -0.39 is 5.97 Å². The summed E-state index contributed by atoms with van der Waals surface area (Å²) in [5.41, 5.74) is 2.18. The summed E-state index contributed by atoms with van der Waals surface area (Å²) in [6, 6.07) is 5.85. The van der Waals surface area contributed by atoms with E-state index in [4.69, 9.17) is 14.4 Å². The molecule has 1 heterocycles. The summed E-state index contributed by atoms with van der Waals surface area (Å²) in [6.45, 7) is 4.11. The Morgan fingerprint density at radius 3 is 2.89 bits per heavy atom. The zero-order valence-electron chi connectivity index (χ0n) is 10.7. The Kier molecular flexibility index (Phi) is 3.79. The lowest BCUT2D eigenvalue weighted by atomic mass is 10.1. The average Bonchev–Trinajstić information content (AvgIpc) is 2.74. The maximum absolute atomic E-state index is 10.5. The van der Waals surface area contributed by atoms with E-state index in [1.807, 2.05) is 32.0 Å². The summed E-state index contributed by atoms with van der Waals surface area (Å²) in [6.07, 6.45) is -0.281. The average molecular weight is 262 g/mol. The summed E-state index contributed by atoms with van der Waals surface area (Å²) >= 11 is 0. The van der Waals surface area contributed by atoms with E-state index in [2.05, 4.69) is 10.1 Å². The molecule has 0 bridgehead atoms. The molecule has 19 heavy (non-hydrogen) atoms. The minimum atomic E-state index is -1.01. The largest absolute Gasteiger partial charge is 0.485 e. The Morgan fingerprint density at radius 1 is 1.42 bits per heavy atom. The molecule has 0 aliphatic rings. The summed E-state index contributed by atoms with van der Waals surface area (Å²) in [7, 11) is 0. The highest BCUT2D eigenvalue weighted by Gasteiger charge is 2.10. The van der Waals surface area contributed by atoms with Crippen molar-refractivity contribution in [3.05, 3.63) is 41.0 Å². The fourth-order valence-electron chi connectivity index (χ4n) is 1.65. The van der Waals surface area contributed by atoms with Gasteiger partial charge < -0.3 is 14.4 Å². The van der Waals surface area contributed by atoms with Crippen LogP contribution in [0.3, 0.4) is 0 Å². The number of carbonyl (C=O) groups is 1. The van der Waals surface area contributed by atoms with E-state index in [-0.39, 0.29) is 18.9 Å². The summed E-state index contributed by atoms with van der Waals surface area (Å²) in [5.74, 6) is 0.142. The number of hydrogen-bond acceptors (Lipinski definition) is 5. The number of rotatable bonds is 5. The first-order chi connectivity index (χ1) is 9.04. The molecule has 1 aromatic carbocycles. The van der Waals surface area contributed by atoms with Crippen molar-refractivity contribution in [1.82, 2.24) is 10.1 Å². The van der Waals surface area contributed by atoms with E-state index in [0.717, 1.165) is 16.9 Å². The highest BCUT2D eigenvalue weighted by Crippen LogP contribution is 2.19. The van der Waals surface area contributed by atoms with Crippen molar-refractivity contribution < 1.29 is 19.2 Å². The second-order valence-corrected chi connectivity index (χ2v) is 4.23. The SMILES string of the molecule is Cc1ccc(OCc2noc(CC(=O)O)n2)c(C)c1. The quantitative estimate of drug-likeness (QED) is 0.885. The van der Waals surface area contributed by atoms with E-state index in [0.29, 0.717) is 5.82 Å². The van der Waals surface area contributed by atoms with Crippen molar-refractivity contribution in [3.63, 3.8) is 0 Å². The number of carboxylic acids is 1. The fourth-order valence-corrected chi connectivity index (χ4v) is 1.65. The Balaban J connectivity index is 1.98. The molecule has 0 aliphatic carbocycles. The van der Waals surface area contributed by atoms with Crippen LogP contribution >= 0.6 is 0 Å². The van der Waals surface area contributed by atoms with Crippen molar-refractivity contribution in [3.8, 4) is 5.75 Å². The van der Waals surface area contributed by atoms with Crippen LogP contribution in [0.4, 0.5) is 0 Å². The fraction of sp³-hybridized carbons (Fsp3) is 0.308. The molecule has 0 unspecified atom stereocenters. The maximum Gasteiger partial charge on any atom is 0.312 e. The van der Waals surface area contributed by atoms with Gasteiger partial charge in [-0.1, -0.05) is 22.9 Å². The summed E-state index contributed by atoms with van der Waals surface area (Å²) < 4.78 is 10.4. The van der Waals surface area contributed by atoms with Crippen LogP contribution in [0.1, 0.15) is 22.8 Å². The van der Waals surface area contributed by atoms with Gasteiger partial charge in [0.1, 0.15) is 12.2 Å². The minimum Gasteiger partial charge on any atom is -0.485 e. The molecule has 6 nitrogen and oxygen atoms in total. The van der Waals surface area contributed by atoms with Gasteiger partial charge in [0.15, 0.2) is 6.61 Å². The monoisotopic (exact) mass is 262 g/mol. The van der Waals surface area contributed by atoms with Crippen LogP contribution in [0.15, 0.2) is 22.7 Å². The van der Waals surface area contributed by atoms with Gasteiger partial charge in [0.25, 0.3) is 0 Å². The molecule has 2 rings (SSSR count). The molecule has 0 radical (unpaired) electrons. The van der Waals surface area contributed by atoms with E-state index >= 15 is 0 Å². The zero-order valence-corrected chi connectivity index (χ0v) is 10.7. The molecule has 0 aliphatic heterocycles. The van der Waals surface area contributed by atoms with Gasteiger partial charge in [-0.2, -0.15) is 4.98 Å². The molecule has 1 aromatic heterocycles. The number of aryl methyl sites for hydroxylation is 2. The third-order valence-electron chi connectivity index (χ3n) is 2.50. The third-order valence-corrected chi connectivity index (χ3v) is 2.50. The molecule has 0 saturated heterocycles. The minimum absolute atomic E-state index is 0.0757. The lowest BCUT2D eigenvalue weighted by Crippen LogP contribution is -2.02. The Bertz CT molecular complexity index is 592. The molecular weight excluding hydrogens is 248 g/mol. The first-order valence-corrected chi connectivity index (χ1v) is 5.78. The van der Waals surface area contributed by atoms with Gasteiger partial charge in [-0.25, -0.2) is 0 Å². The first kappa shape index (κ1) is 13.1. The van der Waals surface area contributed by atoms with Gasteiger partial charge in [0.05, 0.1) is 0 Å². The molecule has 0 amide bonds. The molecule has 0 atom stereocenters. The van der Waals surface area contributed by atoms with Crippen molar-refractivity contribution in [2.75, 3.05) is 0 Å². The normalized spacial score (nSPS) is 10.4. The van der Waals surface area contributed by atoms with Crippen LogP contribution in [-0.4, -0.2) is 21.2 Å². The van der Waals surface area contributed by atoms with Crippen molar-refractivity contribution >= 4 is 5.97 Å². The lowest BCUT2D eigenvalue weighted by molar-refractivity contribution is -0.136. The number of hydrogen-bond donors (Lipinski definition) is 1. The van der Waals surface area contributed by atoms with Gasteiger partial charge in [-0.3, -0.25) is 4.79 Å². The molecule has 100 valence electrons. The van der Waals surface area contributed by atoms with Crippen LogP contribution in [0.25, 0.3) is 0 Å². The van der Waals surface area contributed by atoms with Crippen molar-refractivity contribution in [2.45, 2.75) is 26.9 Å². The molecule has 6 heteroatoms. The van der Waals surface area contributed by atoms with Crippen LogP contribution < -0.4 is 4.74 Å². The van der Waals surface area contributed by atoms with Crippen molar-refractivity contribution in [2.24, 2.45) is 0 Å². The van der Waals surface area contributed by atoms with E-state index in [9.17, 15) is 4.79 Å². The Hall–Kier alpha value is -2.37. The lowest BCUT2D eigenvalue weighted by Gasteiger charge is -2.07. The number of aliphatic carboxylic acids is 1. The number of carboxylic acid groups (broad SMARTS) is 1. The van der Waals surface area contributed by atoms with E-state index in [1.54, 1.807) is 0 Å². The zero-order chi connectivity index (χ0) is 13.8. The highest BCUT2D eigenvalue weighted by molar-refractivity contribution is 5.68. The predicted octanol–water partition coefficient (Wildman–Crippen LogP) is 1.89. The standard InChI is InChI=1S/C13H14N2O4/c1-8-3-4-10(9(2)5-8)18-7-11-14-12(19-15-11)6-13(16)17/h3-5H,6-7H2,1-2H3,(H,16,17). The second-order valence-electron chi connectivity index (χ2n) is 4.23. The van der Waals surface area contributed by atoms with Gasteiger partial charge in [0, 0.05) is 0 Å². The Labute approximate surface area is 110 Å². The van der Waals surface area contributed by atoms with Gasteiger partial charge in [-0.15, -0.1) is 0 Å². The first-order valence-electron chi connectivity index (χ1n) is 5.78. The Morgan fingerprint density at radius 2 is 2.21 bits per heavy atom. The van der Waals surface area contributed by atoms with Crippen molar-refractivity contribution in [1.29, 1.82) is 0 Å². The van der Waals surface area contributed by atoms with Gasteiger partial charge in [-0.05, 0) is 25.5 Å². The molecule has 2 aromatic rings. The number of nitrogens with zero attached hydrogens (tertiary/aromatic N) is 2. The third kappa shape index (κ3) is 3.54. The van der Waals surface area contributed by atoms with E-state index in [1.165, 1.54) is 0 Å². The number of aromatic nitrogens is 2. The maximum atomic E-state index is 10.5. The molecule has 0 fully saturated rings. The van der Waals surface area contributed by atoms with Crippen LogP contribution in [0.5, 0.6) is 5.75 Å². The molecule has 1 N–H and O–H groups in total. The van der Waals surface area contributed by atoms with Gasteiger partial charge in [0.2, 0.25) is 11.7 Å². The van der Waals surface area contributed by atoms with Gasteiger partial charge >= 0.3 is 5.97 Å². The molecular formula is C13H14N2O4. The molecule has 0 saturated carbocycles. The topological polar surface area (TPSA) is 85.5 Å². The predicted molar refractivity (Wildman–Crippen MR) is 65.9 cm³/mol. The highest BCUT2D eigenvalue weighted by atomic mass is 16.5. The second kappa shape index (κ2) is 5.51. The summed E-state index contributed by atoms with van der Waals surface area (Å²) in [5, 5.41) is 12.2. The van der Waals surface area contributed by atoms with Crippen LogP contribution in [-0.2, 0) is 17.8 Å². The number of ether oxygens (including phenoxy) is 1. The summed E-state index contributed by atoms with van der Waals surface area (Å²) in [4.78, 5) is 14.4. The van der Waals surface area contributed by atoms with Crippen LogP contribution in [0, 0.1) is 13.8 Å². The van der Waals surface area contributed by atoms with Crippen LogP contribution in [0.2, 0.25) is 0 Å². The molecule has 0 spiro atoms.